The van der Waals surface area contributed by atoms with Crippen molar-refractivity contribution in [3.63, 3.8) is 0 Å². The molecule has 0 saturated carbocycles. The second kappa shape index (κ2) is 8.05. The van der Waals surface area contributed by atoms with Crippen molar-refractivity contribution in [1.29, 1.82) is 0 Å². The molecular formula is C24H25NO2. The van der Waals surface area contributed by atoms with E-state index >= 15 is 0 Å². The molecule has 27 heavy (non-hydrogen) atoms. The molecule has 4 rings (SSSR count). The molecule has 1 aliphatic rings. The first kappa shape index (κ1) is 17.9. The monoisotopic (exact) mass is 359 g/mol. The number of ether oxygens (including phenoxy) is 1. The number of aliphatic hydroxyl groups excluding tert-OH is 1. The van der Waals surface area contributed by atoms with Crippen LogP contribution in [0.1, 0.15) is 22.8 Å². The van der Waals surface area contributed by atoms with Gasteiger partial charge in [-0.25, -0.2) is 0 Å². The average molecular weight is 359 g/mol. The molecule has 0 amide bonds. The summed E-state index contributed by atoms with van der Waals surface area (Å²) in [6, 6.07) is 30.7. The van der Waals surface area contributed by atoms with Gasteiger partial charge >= 0.3 is 0 Å². The van der Waals surface area contributed by atoms with Gasteiger partial charge in [0.2, 0.25) is 0 Å². The molecule has 0 aromatic heterocycles. The van der Waals surface area contributed by atoms with E-state index < -0.39 is 11.6 Å². The Kier molecular flexibility index (Phi) is 5.35. The molecule has 1 atom stereocenters. The van der Waals surface area contributed by atoms with Crippen molar-refractivity contribution in [2.24, 2.45) is 0 Å². The van der Waals surface area contributed by atoms with Gasteiger partial charge in [0.1, 0.15) is 11.6 Å². The van der Waals surface area contributed by atoms with E-state index in [-0.39, 0.29) is 0 Å². The molecule has 3 aromatic rings. The van der Waals surface area contributed by atoms with Crippen LogP contribution in [0.5, 0.6) is 0 Å². The average Bonchev–Trinajstić information content (AvgIpc) is 2.77. The predicted octanol–water partition coefficient (Wildman–Crippen LogP) is 4.00. The van der Waals surface area contributed by atoms with E-state index in [2.05, 4.69) is 29.2 Å². The lowest BCUT2D eigenvalue weighted by molar-refractivity contribution is -0.0644. The maximum atomic E-state index is 11.8. The first-order valence-electron chi connectivity index (χ1n) is 9.50. The number of benzene rings is 3. The molecule has 3 aromatic carbocycles. The predicted molar refractivity (Wildman–Crippen MR) is 107 cm³/mol. The number of hydrogen-bond donors (Lipinski definition) is 1. The normalized spacial score (nSPS) is 16.8. The Morgan fingerprint density at radius 3 is 1.63 bits per heavy atom. The molecule has 3 heteroatoms. The zero-order chi connectivity index (χ0) is 18.5. The quantitative estimate of drug-likeness (QED) is 0.747. The Hall–Kier alpha value is -2.46. The van der Waals surface area contributed by atoms with Crippen LogP contribution in [0.25, 0.3) is 0 Å². The molecule has 0 radical (unpaired) electrons. The second-order valence-corrected chi connectivity index (χ2v) is 6.91. The fourth-order valence-electron chi connectivity index (χ4n) is 4.20. The van der Waals surface area contributed by atoms with Gasteiger partial charge in [0.05, 0.1) is 13.2 Å². The van der Waals surface area contributed by atoms with Crippen molar-refractivity contribution in [3.05, 3.63) is 108 Å². The molecule has 1 fully saturated rings. The molecule has 1 saturated heterocycles. The largest absolute Gasteiger partial charge is 0.386 e. The van der Waals surface area contributed by atoms with Crippen LogP contribution in [0.4, 0.5) is 0 Å². The number of morpholine rings is 1. The molecule has 0 aliphatic carbocycles. The zero-order valence-electron chi connectivity index (χ0n) is 15.4. The second-order valence-electron chi connectivity index (χ2n) is 6.91. The highest BCUT2D eigenvalue weighted by Crippen LogP contribution is 2.46. The van der Waals surface area contributed by atoms with Crippen LogP contribution in [0.15, 0.2) is 91.0 Å². The fraction of sp³-hybridized carbons (Fsp3) is 0.250. The highest BCUT2D eigenvalue weighted by molar-refractivity contribution is 5.43. The van der Waals surface area contributed by atoms with Crippen molar-refractivity contribution in [2.75, 3.05) is 26.3 Å². The van der Waals surface area contributed by atoms with Crippen molar-refractivity contribution < 1.29 is 9.84 Å². The van der Waals surface area contributed by atoms with Crippen LogP contribution in [0.2, 0.25) is 0 Å². The van der Waals surface area contributed by atoms with E-state index in [9.17, 15) is 5.11 Å². The van der Waals surface area contributed by atoms with Crippen molar-refractivity contribution in [3.8, 4) is 0 Å². The molecule has 1 aliphatic heterocycles. The van der Waals surface area contributed by atoms with Gasteiger partial charge in [0.25, 0.3) is 0 Å². The highest BCUT2D eigenvalue weighted by Gasteiger charge is 2.47. The van der Waals surface area contributed by atoms with E-state index in [4.69, 9.17) is 4.74 Å². The highest BCUT2D eigenvalue weighted by atomic mass is 16.5. The fourth-order valence-corrected chi connectivity index (χ4v) is 4.20. The first-order chi connectivity index (χ1) is 13.3. The summed E-state index contributed by atoms with van der Waals surface area (Å²) in [5, 5.41) is 11.8. The molecule has 3 nitrogen and oxygen atoms in total. The Morgan fingerprint density at radius 1 is 0.704 bits per heavy atom. The first-order valence-corrected chi connectivity index (χ1v) is 9.50. The van der Waals surface area contributed by atoms with E-state index in [0.29, 0.717) is 13.2 Å². The summed E-state index contributed by atoms with van der Waals surface area (Å²) in [6.45, 7) is 2.88. The van der Waals surface area contributed by atoms with Gasteiger partial charge in [-0.1, -0.05) is 91.0 Å². The standard InChI is InChI=1S/C24H25NO2/c26-23(20-10-4-1-5-11-20)24(21-12-6-2-7-13-21,22-14-8-3-9-15-22)25-16-18-27-19-17-25/h1-15,23,26H,16-19H2/t23-/m0/s1. The van der Waals surface area contributed by atoms with Crippen LogP contribution in [-0.4, -0.2) is 36.3 Å². The SMILES string of the molecule is O[C@@H](c1ccccc1)C(c1ccccc1)(c1ccccc1)N1CCOCC1. The van der Waals surface area contributed by atoms with Crippen LogP contribution in [-0.2, 0) is 10.3 Å². The lowest BCUT2D eigenvalue weighted by Gasteiger charge is -2.49. The molecule has 0 bridgehead atoms. The maximum absolute atomic E-state index is 11.8. The van der Waals surface area contributed by atoms with Crippen molar-refractivity contribution >= 4 is 0 Å². The summed E-state index contributed by atoms with van der Waals surface area (Å²) in [6.07, 6.45) is -0.707. The topological polar surface area (TPSA) is 32.7 Å². The summed E-state index contributed by atoms with van der Waals surface area (Å²) < 4.78 is 5.63. The zero-order valence-corrected chi connectivity index (χ0v) is 15.4. The van der Waals surface area contributed by atoms with Gasteiger partial charge < -0.3 is 9.84 Å². The van der Waals surface area contributed by atoms with Gasteiger partial charge in [0.15, 0.2) is 0 Å². The number of rotatable bonds is 5. The summed E-state index contributed by atoms with van der Waals surface area (Å²) in [4.78, 5) is 2.37. The van der Waals surface area contributed by atoms with E-state index in [1.54, 1.807) is 0 Å². The minimum Gasteiger partial charge on any atom is -0.386 e. The Bertz CT molecular complexity index is 791. The smallest absolute Gasteiger partial charge is 0.106 e. The van der Waals surface area contributed by atoms with Gasteiger partial charge in [-0.15, -0.1) is 0 Å². The lowest BCUT2D eigenvalue weighted by atomic mass is 9.74. The third kappa shape index (κ3) is 3.30. The van der Waals surface area contributed by atoms with Gasteiger partial charge in [-0.2, -0.15) is 0 Å². The molecule has 0 unspecified atom stereocenters. The Balaban J connectivity index is 1.96. The number of hydrogen-bond acceptors (Lipinski definition) is 3. The van der Waals surface area contributed by atoms with Crippen molar-refractivity contribution in [1.82, 2.24) is 4.90 Å². The third-order valence-corrected chi connectivity index (χ3v) is 5.45. The summed E-state index contributed by atoms with van der Waals surface area (Å²) >= 11 is 0. The van der Waals surface area contributed by atoms with E-state index in [1.165, 1.54) is 0 Å². The van der Waals surface area contributed by atoms with E-state index in [0.717, 1.165) is 29.8 Å². The number of nitrogens with zero attached hydrogens (tertiary/aromatic N) is 1. The lowest BCUT2D eigenvalue weighted by Crippen LogP contribution is -2.55. The molecular weight excluding hydrogens is 334 g/mol. The molecule has 1 N–H and O–H groups in total. The summed E-state index contributed by atoms with van der Waals surface area (Å²) in [5.41, 5.74) is 2.42. The molecule has 138 valence electrons. The molecule has 0 spiro atoms. The van der Waals surface area contributed by atoms with Gasteiger partial charge in [-0.05, 0) is 16.7 Å². The Labute approximate surface area is 160 Å². The minimum absolute atomic E-state index is 0.670. The van der Waals surface area contributed by atoms with E-state index in [1.807, 2.05) is 66.7 Å². The number of aliphatic hydroxyl groups is 1. The van der Waals surface area contributed by atoms with Gasteiger partial charge in [-0.3, -0.25) is 4.90 Å². The van der Waals surface area contributed by atoms with Crippen LogP contribution in [0.3, 0.4) is 0 Å². The van der Waals surface area contributed by atoms with Crippen LogP contribution < -0.4 is 0 Å². The maximum Gasteiger partial charge on any atom is 0.106 e. The van der Waals surface area contributed by atoms with Crippen LogP contribution >= 0.6 is 0 Å². The van der Waals surface area contributed by atoms with Crippen LogP contribution in [0, 0.1) is 0 Å². The third-order valence-electron chi connectivity index (χ3n) is 5.45. The molecule has 1 heterocycles. The summed E-state index contributed by atoms with van der Waals surface area (Å²) in [7, 11) is 0. The summed E-state index contributed by atoms with van der Waals surface area (Å²) in [5.74, 6) is 0. The minimum atomic E-state index is -0.707. The Morgan fingerprint density at radius 2 is 1.15 bits per heavy atom. The van der Waals surface area contributed by atoms with Crippen molar-refractivity contribution in [2.45, 2.75) is 11.6 Å². The van der Waals surface area contributed by atoms with Gasteiger partial charge in [0, 0.05) is 13.1 Å².